The van der Waals surface area contributed by atoms with Gasteiger partial charge in [0.15, 0.2) is 0 Å². The summed E-state index contributed by atoms with van der Waals surface area (Å²) in [4.78, 5) is 12.0. The van der Waals surface area contributed by atoms with Gasteiger partial charge in [0.05, 0.1) is 5.69 Å². The number of nitrogens with two attached hydrogens (primary N) is 1. The van der Waals surface area contributed by atoms with Crippen molar-refractivity contribution in [1.29, 1.82) is 0 Å². The third-order valence-electron chi connectivity index (χ3n) is 3.39. The van der Waals surface area contributed by atoms with E-state index in [0.717, 1.165) is 11.1 Å². The van der Waals surface area contributed by atoms with Gasteiger partial charge in [-0.3, -0.25) is 4.79 Å². The zero-order valence-electron chi connectivity index (χ0n) is 12.2. The molecule has 1 unspecified atom stereocenters. The Morgan fingerprint density at radius 3 is 2.57 bits per heavy atom. The van der Waals surface area contributed by atoms with E-state index in [1.165, 1.54) is 6.07 Å². The standard InChI is InChI=1S/C17H19FN2O/c1-11-3-8-15(18)16(9-11)20-17(21)10-12(2)13-4-6-14(19)7-5-13/h3-9,12H,10,19H2,1-2H3,(H,20,21). The van der Waals surface area contributed by atoms with Crippen molar-refractivity contribution in [2.45, 2.75) is 26.2 Å². The molecule has 4 heteroatoms. The Kier molecular flexibility index (Phi) is 4.58. The molecular formula is C17H19FN2O. The molecule has 0 aromatic heterocycles. The Hall–Kier alpha value is -2.36. The highest BCUT2D eigenvalue weighted by atomic mass is 19.1. The summed E-state index contributed by atoms with van der Waals surface area (Å²) in [6.45, 7) is 3.81. The van der Waals surface area contributed by atoms with Crippen LogP contribution in [0.1, 0.15) is 30.4 Å². The Morgan fingerprint density at radius 2 is 1.90 bits per heavy atom. The van der Waals surface area contributed by atoms with Gasteiger partial charge in [0.1, 0.15) is 5.82 Å². The molecule has 0 aliphatic rings. The van der Waals surface area contributed by atoms with Crippen LogP contribution < -0.4 is 11.1 Å². The number of hydrogen-bond donors (Lipinski definition) is 2. The number of aryl methyl sites for hydroxylation is 1. The summed E-state index contributed by atoms with van der Waals surface area (Å²) in [5.41, 5.74) is 8.49. The first-order valence-corrected chi connectivity index (χ1v) is 6.87. The van der Waals surface area contributed by atoms with Gasteiger partial charge in [-0.05, 0) is 48.2 Å². The smallest absolute Gasteiger partial charge is 0.225 e. The van der Waals surface area contributed by atoms with E-state index in [9.17, 15) is 9.18 Å². The van der Waals surface area contributed by atoms with Crippen molar-refractivity contribution in [3.63, 3.8) is 0 Å². The molecule has 3 N–H and O–H groups in total. The average molecular weight is 286 g/mol. The fraction of sp³-hybridized carbons (Fsp3) is 0.235. The highest BCUT2D eigenvalue weighted by Gasteiger charge is 2.13. The summed E-state index contributed by atoms with van der Waals surface area (Å²) in [7, 11) is 0. The lowest BCUT2D eigenvalue weighted by Gasteiger charge is -2.13. The van der Waals surface area contributed by atoms with Gasteiger partial charge in [-0.25, -0.2) is 4.39 Å². The van der Waals surface area contributed by atoms with E-state index in [4.69, 9.17) is 5.73 Å². The molecule has 2 aromatic carbocycles. The molecular weight excluding hydrogens is 267 g/mol. The Balaban J connectivity index is 2.01. The van der Waals surface area contributed by atoms with Gasteiger partial charge in [-0.2, -0.15) is 0 Å². The van der Waals surface area contributed by atoms with Crippen molar-refractivity contribution in [2.75, 3.05) is 11.1 Å². The number of nitrogens with one attached hydrogen (secondary N) is 1. The molecule has 3 nitrogen and oxygen atoms in total. The van der Waals surface area contributed by atoms with Gasteiger partial charge < -0.3 is 11.1 Å². The van der Waals surface area contributed by atoms with Crippen molar-refractivity contribution >= 4 is 17.3 Å². The maximum Gasteiger partial charge on any atom is 0.225 e. The molecule has 2 aromatic rings. The molecule has 0 fully saturated rings. The Labute approximate surface area is 124 Å². The van der Waals surface area contributed by atoms with Crippen LogP contribution in [-0.4, -0.2) is 5.91 Å². The minimum absolute atomic E-state index is 0.0403. The molecule has 0 bridgehead atoms. The number of halogens is 1. The van der Waals surface area contributed by atoms with Gasteiger partial charge in [0.25, 0.3) is 0 Å². The lowest BCUT2D eigenvalue weighted by Crippen LogP contribution is -2.15. The normalized spacial score (nSPS) is 12.0. The predicted octanol–water partition coefficient (Wildman–Crippen LogP) is 3.85. The highest BCUT2D eigenvalue weighted by Crippen LogP contribution is 2.22. The summed E-state index contributed by atoms with van der Waals surface area (Å²) in [6, 6.07) is 12.1. The van der Waals surface area contributed by atoms with Gasteiger partial charge in [0.2, 0.25) is 5.91 Å². The fourth-order valence-electron chi connectivity index (χ4n) is 2.16. The van der Waals surface area contributed by atoms with Gasteiger partial charge in [-0.15, -0.1) is 0 Å². The lowest BCUT2D eigenvalue weighted by atomic mass is 9.97. The van der Waals surface area contributed by atoms with Gasteiger partial charge in [0, 0.05) is 12.1 Å². The van der Waals surface area contributed by atoms with E-state index in [1.54, 1.807) is 12.1 Å². The maximum absolute atomic E-state index is 13.6. The van der Waals surface area contributed by atoms with E-state index in [2.05, 4.69) is 5.32 Å². The first-order chi connectivity index (χ1) is 9.95. The summed E-state index contributed by atoms with van der Waals surface area (Å²) < 4.78 is 13.6. The van der Waals surface area contributed by atoms with E-state index < -0.39 is 5.82 Å². The van der Waals surface area contributed by atoms with Crippen molar-refractivity contribution in [2.24, 2.45) is 0 Å². The lowest BCUT2D eigenvalue weighted by molar-refractivity contribution is -0.116. The topological polar surface area (TPSA) is 55.1 Å². The zero-order chi connectivity index (χ0) is 15.4. The second kappa shape index (κ2) is 6.39. The summed E-state index contributed by atoms with van der Waals surface area (Å²) in [5.74, 6) is -0.587. The van der Waals surface area contributed by atoms with Crippen LogP contribution in [0.2, 0.25) is 0 Å². The summed E-state index contributed by atoms with van der Waals surface area (Å²) in [6.07, 6.45) is 0.289. The number of benzene rings is 2. The second-order valence-corrected chi connectivity index (χ2v) is 5.30. The van der Waals surface area contributed by atoms with E-state index >= 15 is 0 Å². The third-order valence-corrected chi connectivity index (χ3v) is 3.39. The number of anilines is 2. The number of carbonyl (C=O) groups is 1. The Bertz CT molecular complexity index is 638. The Morgan fingerprint density at radius 1 is 1.24 bits per heavy atom. The molecule has 0 saturated carbocycles. The zero-order valence-corrected chi connectivity index (χ0v) is 12.2. The minimum atomic E-state index is -0.422. The fourth-order valence-corrected chi connectivity index (χ4v) is 2.16. The summed E-state index contributed by atoms with van der Waals surface area (Å²) in [5, 5.41) is 2.62. The molecule has 2 rings (SSSR count). The van der Waals surface area contributed by atoms with Gasteiger partial charge in [-0.1, -0.05) is 25.1 Å². The van der Waals surface area contributed by atoms with Crippen molar-refractivity contribution in [3.05, 3.63) is 59.4 Å². The van der Waals surface area contributed by atoms with Crippen LogP contribution in [0.3, 0.4) is 0 Å². The van der Waals surface area contributed by atoms with E-state index in [1.807, 2.05) is 38.1 Å². The first-order valence-electron chi connectivity index (χ1n) is 6.87. The molecule has 0 heterocycles. The molecule has 1 amide bonds. The SMILES string of the molecule is Cc1ccc(F)c(NC(=O)CC(C)c2ccc(N)cc2)c1. The van der Waals surface area contributed by atoms with Crippen LogP contribution in [0.15, 0.2) is 42.5 Å². The minimum Gasteiger partial charge on any atom is -0.399 e. The number of rotatable bonds is 4. The molecule has 0 saturated heterocycles. The van der Waals surface area contributed by atoms with Crippen LogP contribution in [0.4, 0.5) is 15.8 Å². The van der Waals surface area contributed by atoms with Gasteiger partial charge >= 0.3 is 0 Å². The maximum atomic E-state index is 13.6. The summed E-state index contributed by atoms with van der Waals surface area (Å²) >= 11 is 0. The van der Waals surface area contributed by atoms with E-state index in [-0.39, 0.29) is 23.9 Å². The average Bonchev–Trinajstić information content (AvgIpc) is 2.43. The van der Waals surface area contributed by atoms with Crippen LogP contribution >= 0.6 is 0 Å². The number of amides is 1. The quantitative estimate of drug-likeness (QED) is 0.839. The molecule has 21 heavy (non-hydrogen) atoms. The van der Waals surface area contributed by atoms with Crippen LogP contribution in [0, 0.1) is 12.7 Å². The van der Waals surface area contributed by atoms with Crippen LogP contribution in [0.5, 0.6) is 0 Å². The largest absolute Gasteiger partial charge is 0.399 e. The van der Waals surface area contributed by atoms with Crippen molar-refractivity contribution in [1.82, 2.24) is 0 Å². The van der Waals surface area contributed by atoms with Crippen molar-refractivity contribution < 1.29 is 9.18 Å². The first kappa shape index (κ1) is 15.0. The van der Waals surface area contributed by atoms with Crippen LogP contribution in [0.25, 0.3) is 0 Å². The highest BCUT2D eigenvalue weighted by molar-refractivity contribution is 5.91. The second-order valence-electron chi connectivity index (χ2n) is 5.30. The number of hydrogen-bond acceptors (Lipinski definition) is 2. The third kappa shape index (κ3) is 4.05. The molecule has 0 aliphatic heterocycles. The molecule has 1 atom stereocenters. The molecule has 110 valence electrons. The molecule has 0 spiro atoms. The van der Waals surface area contributed by atoms with Crippen molar-refractivity contribution in [3.8, 4) is 0 Å². The van der Waals surface area contributed by atoms with E-state index in [0.29, 0.717) is 5.69 Å². The number of carbonyl (C=O) groups excluding carboxylic acids is 1. The number of nitrogen functional groups attached to an aromatic ring is 1. The predicted molar refractivity (Wildman–Crippen MR) is 83.7 cm³/mol. The molecule has 0 radical (unpaired) electrons. The van der Waals surface area contributed by atoms with Crippen LogP contribution in [-0.2, 0) is 4.79 Å². The molecule has 0 aliphatic carbocycles. The monoisotopic (exact) mass is 286 g/mol.